The minimum absolute atomic E-state index is 0. The third-order valence-corrected chi connectivity index (χ3v) is 4.50. The fourth-order valence-corrected chi connectivity index (χ4v) is 3.13. The summed E-state index contributed by atoms with van der Waals surface area (Å²) < 4.78 is 39.2. The smallest absolute Gasteiger partial charge is 0.744 e. The quantitative estimate of drug-likeness (QED) is 0.343. The molecule has 0 atom stereocenters. The van der Waals surface area contributed by atoms with Crippen LogP contribution < -0.4 is 34.3 Å². The van der Waals surface area contributed by atoms with Crippen LogP contribution in [0.5, 0.6) is 5.75 Å². The molecule has 23 heavy (non-hydrogen) atoms. The van der Waals surface area contributed by atoms with E-state index in [0.717, 1.165) is 24.8 Å². The van der Waals surface area contributed by atoms with E-state index in [1.807, 2.05) is 6.07 Å². The number of rotatable bonds is 11. The molecule has 0 aliphatic rings. The molecule has 0 saturated carbocycles. The van der Waals surface area contributed by atoms with Crippen LogP contribution in [-0.2, 0) is 16.5 Å². The topological polar surface area (TPSA) is 66.4 Å². The van der Waals surface area contributed by atoms with Gasteiger partial charge in [0.1, 0.15) is 15.9 Å². The van der Waals surface area contributed by atoms with E-state index in [1.165, 1.54) is 38.2 Å². The molecule has 1 aromatic rings. The van der Waals surface area contributed by atoms with Crippen molar-refractivity contribution in [1.29, 1.82) is 0 Å². The molecule has 0 radical (unpaired) electrons. The third-order valence-electron chi connectivity index (χ3n) is 3.65. The van der Waals surface area contributed by atoms with Crippen LogP contribution in [0, 0.1) is 0 Å². The van der Waals surface area contributed by atoms with Crippen molar-refractivity contribution in [2.24, 2.45) is 0 Å². The summed E-state index contributed by atoms with van der Waals surface area (Å²) in [5.41, 5.74) is 0.881. The molecule has 1 rings (SSSR count). The van der Waals surface area contributed by atoms with Crippen molar-refractivity contribution in [2.75, 3.05) is 6.61 Å². The van der Waals surface area contributed by atoms with Gasteiger partial charge in [0.05, 0.1) is 11.5 Å². The van der Waals surface area contributed by atoms with Crippen LogP contribution in [0.25, 0.3) is 0 Å². The molecule has 0 bridgehead atoms. The Morgan fingerprint density at radius 3 is 2.17 bits per heavy atom. The summed E-state index contributed by atoms with van der Waals surface area (Å²) in [6.45, 7) is 4.29. The Hall–Kier alpha value is -0.0700. The zero-order chi connectivity index (χ0) is 16.4. The number of ether oxygens (including phenoxy) is 1. The van der Waals surface area contributed by atoms with E-state index in [2.05, 4.69) is 6.92 Å². The predicted molar refractivity (Wildman–Crippen MR) is 87.3 cm³/mol. The average molecular weight is 350 g/mol. The van der Waals surface area contributed by atoms with Gasteiger partial charge in [-0.15, -0.1) is 0 Å². The van der Waals surface area contributed by atoms with Crippen molar-refractivity contribution in [3.05, 3.63) is 23.8 Å². The normalized spacial score (nSPS) is 11.1. The minimum Gasteiger partial charge on any atom is -0.744 e. The summed E-state index contributed by atoms with van der Waals surface area (Å²) in [7, 11) is -4.50. The molecule has 0 aliphatic heterocycles. The van der Waals surface area contributed by atoms with E-state index >= 15 is 0 Å². The van der Waals surface area contributed by atoms with Gasteiger partial charge in [-0.1, -0.05) is 51.5 Å². The van der Waals surface area contributed by atoms with Crippen molar-refractivity contribution in [2.45, 2.75) is 70.1 Å². The fraction of sp³-hybridized carbons (Fsp3) is 0.647. The Kier molecular flexibility index (Phi) is 12.3. The molecular weight excluding hydrogens is 323 g/mol. The van der Waals surface area contributed by atoms with Crippen LogP contribution >= 0.6 is 0 Å². The van der Waals surface area contributed by atoms with Crippen molar-refractivity contribution in [3.63, 3.8) is 0 Å². The Bertz CT molecular complexity index is 544. The first-order chi connectivity index (χ1) is 10.5. The number of hydrogen-bond donors (Lipinski definition) is 0. The summed E-state index contributed by atoms with van der Waals surface area (Å²) in [4.78, 5) is -0.241. The summed E-state index contributed by atoms with van der Waals surface area (Å²) in [6, 6.07) is 4.89. The van der Waals surface area contributed by atoms with Crippen molar-refractivity contribution < 1.29 is 47.3 Å². The molecule has 1 aromatic carbocycles. The minimum atomic E-state index is -4.50. The van der Waals surface area contributed by atoms with E-state index in [9.17, 15) is 13.0 Å². The van der Waals surface area contributed by atoms with Gasteiger partial charge in [0.2, 0.25) is 0 Å². The largest absolute Gasteiger partial charge is 1.00 e. The third kappa shape index (κ3) is 9.11. The van der Waals surface area contributed by atoms with Crippen LogP contribution in [0.1, 0.15) is 64.4 Å². The van der Waals surface area contributed by atoms with Crippen LogP contribution in [0.2, 0.25) is 0 Å². The first kappa shape index (κ1) is 22.9. The van der Waals surface area contributed by atoms with E-state index in [4.69, 9.17) is 4.74 Å². The Morgan fingerprint density at radius 2 is 1.61 bits per heavy atom. The first-order valence-electron chi connectivity index (χ1n) is 8.20. The molecule has 0 spiro atoms. The van der Waals surface area contributed by atoms with Crippen LogP contribution in [0.4, 0.5) is 0 Å². The number of benzene rings is 1. The van der Waals surface area contributed by atoms with Gasteiger partial charge in [0.15, 0.2) is 0 Å². The van der Waals surface area contributed by atoms with Crippen molar-refractivity contribution in [3.8, 4) is 5.75 Å². The van der Waals surface area contributed by atoms with Crippen molar-refractivity contribution in [1.82, 2.24) is 0 Å². The van der Waals surface area contributed by atoms with E-state index in [0.29, 0.717) is 6.61 Å². The summed E-state index contributed by atoms with van der Waals surface area (Å²) in [6.07, 6.45) is 9.25. The second-order valence-corrected chi connectivity index (χ2v) is 6.89. The van der Waals surface area contributed by atoms with E-state index in [1.54, 1.807) is 13.0 Å². The SMILES string of the molecule is CCCCCCCCCc1ccc(OCC)c(S(=O)(=O)[O-])c1.[Na+]. The molecule has 0 saturated heterocycles. The molecule has 126 valence electrons. The van der Waals surface area contributed by atoms with Crippen LogP contribution in [-0.4, -0.2) is 19.6 Å². The maximum atomic E-state index is 11.3. The molecule has 0 aromatic heterocycles. The van der Waals surface area contributed by atoms with Gasteiger partial charge >= 0.3 is 29.6 Å². The van der Waals surface area contributed by atoms with E-state index < -0.39 is 10.1 Å². The molecule has 0 aliphatic carbocycles. The van der Waals surface area contributed by atoms with Gasteiger partial charge in [-0.2, -0.15) is 0 Å². The first-order valence-corrected chi connectivity index (χ1v) is 9.61. The van der Waals surface area contributed by atoms with Gasteiger partial charge < -0.3 is 9.29 Å². The van der Waals surface area contributed by atoms with Gasteiger partial charge in [-0.25, -0.2) is 8.42 Å². The van der Waals surface area contributed by atoms with E-state index in [-0.39, 0.29) is 40.2 Å². The Morgan fingerprint density at radius 1 is 1.00 bits per heavy atom. The van der Waals surface area contributed by atoms with Crippen LogP contribution in [0.3, 0.4) is 0 Å². The number of hydrogen-bond acceptors (Lipinski definition) is 4. The molecule has 6 heteroatoms. The Labute approximate surface area is 163 Å². The summed E-state index contributed by atoms with van der Waals surface area (Å²) >= 11 is 0. The molecule has 0 fully saturated rings. The molecule has 0 heterocycles. The average Bonchev–Trinajstić information content (AvgIpc) is 2.47. The predicted octanol–water partition coefficient (Wildman–Crippen LogP) is 1.29. The second-order valence-electron chi connectivity index (χ2n) is 5.54. The maximum absolute atomic E-state index is 11.3. The maximum Gasteiger partial charge on any atom is 1.00 e. The fourth-order valence-electron chi connectivity index (χ4n) is 2.46. The van der Waals surface area contributed by atoms with Crippen molar-refractivity contribution >= 4 is 10.1 Å². The number of unbranched alkanes of at least 4 members (excludes halogenated alkanes) is 6. The molecule has 0 N–H and O–H groups in total. The van der Waals surface area contributed by atoms with Gasteiger partial charge in [0.25, 0.3) is 0 Å². The standard InChI is InChI=1S/C17H28O4S.Na/c1-3-5-6-7-8-9-10-11-15-12-13-16(21-4-2)17(14-15)22(18,19)20;/h12-14H,3-11H2,1-2H3,(H,18,19,20);/q;+1/p-1. The van der Waals surface area contributed by atoms with Gasteiger partial charge in [-0.3, -0.25) is 0 Å². The molecule has 0 unspecified atom stereocenters. The molecular formula is C17H27NaO4S. The molecule has 4 nitrogen and oxygen atoms in total. The van der Waals surface area contributed by atoms with Gasteiger partial charge in [-0.05, 0) is 37.5 Å². The van der Waals surface area contributed by atoms with Gasteiger partial charge in [0, 0.05) is 0 Å². The molecule has 0 amide bonds. The zero-order valence-corrected chi connectivity index (χ0v) is 17.5. The monoisotopic (exact) mass is 350 g/mol. The van der Waals surface area contributed by atoms with Crippen LogP contribution in [0.15, 0.2) is 23.1 Å². The number of aryl methyl sites for hydroxylation is 1. The second kappa shape index (κ2) is 12.3. The summed E-state index contributed by atoms with van der Waals surface area (Å²) in [5, 5.41) is 0. The Balaban J connectivity index is 0.00000484. The summed E-state index contributed by atoms with van der Waals surface area (Å²) in [5.74, 6) is 0.154. The zero-order valence-electron chi connectivity index (χ0n) is 14.6.